The van der Waals surface area contributed by atoms with Gasteiger partial charge in [0.2, 0.25) is 0 Å². The lowest BCUT2D eigenvalue weighted by Gasteiger charge is -2.32. The zero-order valence-electron chi connectivity index (χ0n) is 13.3. The van der Waals surface area contributed by atoms with Gasteiger partial charge in [0.05, 0.1) is 11.6 Å². The number of likely N-dealkylation sites (tertiary alicyclic amines) is 1. The molecule has 2 aromatic rings. The highest BCUT2D eigenvalue weighted by molar-refractivity contribution is 5.74. The molecule has 1 saturated heterocycles. The first kappa shape index (κ1) is 17.4. The van der Waals surface area contributed by atoms with Crippen molar-refractivity contribution in [3.8, 4) is 0 Å². The summed E-state index contributed by atoms with van der Waals surface area (Å²) in [5.74, 6) is -0.913. The van der Waals surface area contributed by atoms with E-state index < -0.39 is 29.8 Å². The van der Waals surface area contributed by atoms with Crippen molar-refractivity contribution in [2.75, 3.05) is 6.54 Å². The summed E-state index contributed by atoms with van der Waals surface area (Å²) in [6.07, 6.45) is 0.0508. The van der Waals surface area contributed by atoms with Gasteiger partial charge in [0.1, 0.15) is 6.04 Å². The smallest absolute Gasteiger partial charge is 0.416 e. The molecule has 1 aliphatic heterocycles. The number of aromatic nitrogens is 1. The minimum Gasteiger partial charge on any atom is -0.480 e. The third-order valence-corrected chi connectivity index (χ3v) is 4.49. The molecule has 1 aliphatic rings. The number of alkyl halides is 3. The molecule has 25 heavy (non-hydrogen) atoms. The second-order valence-electron chi connectivity index (χ2n) is 6.04. The van der Waals surface area contributed by atoms with E-state index in [2.05, 4.69) is 4.98 Å². The first-order chi connectivity index (χ1) is 11.9. The lowest BCUT2D eigenvalue weighted by Crippen LogP contribution is -2.39. The van der Waals surface area contributed by atoms with Crippen LogP contribution in [0.1, 0.15) is 35.6 Å². The van der Waals surface area contributed by atoms with Crippen molar-refractivity contribution < 1.29 is 23.1 Å². The fraction of sp³-hybridized carbons (Fsp3) is 0.333. The summed E-state index contributed by atoms with van der Waals surface area (Å²) in [5, 5.41) is 9.47. The van der Waals surface area contributed by atoms with Crippen LogP contribution in [0.3, 0.4) is 0 Å². The van der Waals surface area contributed by atoms with Crippen molar-refractivity contribution in [3.05, 3.63) is 65.5 Å². The number of hydrogen-bond acceptors (Lipinski definition) is 3. The number of benzene rings is 1. The molecule has 7 heteroatoms. The molecular formula is C18H17F3N2O2. The van der Waals surface area contributed by atoms with E-state index >= 15 is 0 Å². The average molecular weight is 350 g/mol. The number of hydrogen-bond donors (Lipinski definition) is 1. The molecule has 1 fully saturated rings. The summed E-state index contributed by atoms with van der Waals surface area (Å²) in [5.41, 5.74) is 0.719. The Labute approximate surface area is 142 Å². The molecule has 0 radical (unpaired) electrons. The number of rotatable bonds is 4. The van der Waals surface area contributed by atoms with Gasteiger partial charge in [-0.25, -0.2) is 0 Å². The maximum atomic E-state index is 12.8. The summed E-state index contributed by atoms with van der Waals surface area (Å²) in [4.78, 5) is 17.4. The van der Waals surface area contributed by atoms with Crippen molar-refractivity contribution in [2.24, 2.45) is 0 Å². The van der Waals surface area contributed by atoms with Crippen LogP contribution < -0.4 is 0 Å². The van der Waals surface area contributed by atoms with Gasteiger partial charge < -0.3 is 5.11 Å². The predicted molar refractivity (Wildman–Crippen MR) is 84.9 cm³/mol. The Hall–Kier alpha value is -2.41. The van der Waals surface area contributed by atoms with Gasteiger partial charge in [-0.2, -0.15) is 13.2 Å². The number of pyridine rings is 1. The normalized spacial score (nSPS) is 19.7. The maximum absolute atomic E-state index is 12.8. The van der Waals surface area contributed by atoms with E-state index in [0.29, 0.717) is 18.5 Å². The Balaban J connectivity index is 2.01. The molecule has 1 aromatic carbocycles. The van der Waals surface area contributed by atoms with Crippen LogP contribution in [0, 0.1) is 0 Å². The van der Waals surface area contributed by atoms with Gasteiger partial charge in [0.25, 0.3) is 0 Å². The molecule has 1 N–H and O–H groups in total. The van der Waals surface area contributed by atoms with Crippen LogP contribution in [0.15, 0.2) is 48.8 Å². The topological polar surface area (TPSA) is 53.4 Å². The molecule has 2 atom stereocenters. The second kappa shape index (κ2) is 6.84. The van der Waals surface area contributed by atoms with Crippen LogP contribution in [-0.4, -0.2) is 33.5 Å². The van der Waals surface area contributed by atoms with Gasteiger partial charge in [-0.1, -0.05) is 12.1 Å². The lowest BCUT2D eigenvalue weighted by molar-refractivity contribution is -0.142. The van der Waals surface area contributed by atoms with Crippen molar-refractivity contribution in [3.63, 3.8) is 0 Å². The summed E-state index contributed by atoms with van der Waals surface area (Å²) < 4.78 is 38.4. The molecule has 0 aliphatic carbocycles. The Morgan fingerprint density at radius 1 is 1.12 bits per heavy atom. The van der Waals surface area contributed by atoms with E-state index in [4.69, 9.17) is 0 Å². The standard InChI is InChI=1S/C18H17F3N2O2/c19-18(20,21)14-5-3-12(4-6-14)16(13-7-9-22-10-8-13)23-11-1-2-15(23)17(24)25/h3-10,15-16H,1-2,11H2,(H,24,25). The van der Waals surface area contributed by atoms with Crippen LogP contribution in [0.4, 0.5) is 13.2 Å². The Bertz CT molecular complexity index is 732. The number of carboxylic acid groups (broad SMARTS) is 1. The van der Waals surface area contributed by atoms with E-state index in [1.165, 1.54) is 12.1 Å². The molecule has 4 nitrogen and oxygen atoms in total. The predicted octanol–water partition coefficient (Wildman–Crippen LogP) is 3.74. The number of nitrogens with zero attached hydrogens (tertiary/aromatic N) is 2. The van der Waals surface area contributed by atoms with Crippen LogP contribution in [0.5, 0.6) is 0 Å². The zero-order valence-corrected chi connectivity index (χ0v) is 13.3. The van der Waals surface area contributed by atoms with Gasteiger partial charge in [-0.05, 0) is 48.2 Å². The van der Waals surface area contributed by atoms with Crippen LogP contribution in [0.2, 0.25) is 0 Å². The van der Waals surface area contributed by atoms with E-state index in [1.807, 2.05) is 4.90 Å². The van der Waals surface area contributed by atoms with Crippen molar-refractivity contribution in [1.29, 1.82) is 0 Å². The Kier molecular flexibility index (Phi) is 4.76. The highest BCUT2D eigenvalue weighted by atomic mass is 19.4. The first-order valence-electron chi connectivity index (χ1n) is 7.93. The minimum absolute atomic E-state index is 0.422. The molecule has 0 spiro atoms. The van der Waals surface area contributed by atoms with Crippen molar-refractivity contribution in [1.82, 2.24) is 9.88 Å². The molecule has 1 aromatic heterocycles. The van der Waals surface area contributed by atoms with Crippen molar-refractivity contribution in [2.45, 2.75) is 31.1 Å². The SMILES string of the molecule is O=C(O)C1CCCN1C(c1ccncc1)c1ccc(C(F)(F)F)cc1. The first-order valence-corrected chi connectivity index (χ1v) is 7.93. The van der Waals surface area contributed by atoms with Crippen molar-refractivity contribution >= 4 is 5.97 Å². The summed E-state index contributed by atoms with van der Waals surface area (Å²) >= 11 is 0. The fourth-order valence-corrected chi connectivity index (χ4v) is 3.34. The average Bonchev–Trinajstić information content (AvgIpc) is 3.05. The largest absolute Gasteiger partial charge is 0.480 e. The van der Waals surface area contributed by atoms with E-state index in [0.717, 1.165) is 24.1 Å². The summed E-state index contributed by atoms with van der Waals surface area (Å²) in [6.45, 7) is 0.574. The zero-order chi connectivity index (χ0) is 18.0. The minimum atomic E-state index is -4.40. The van der Waals surface area contributed by atoms with Crippen LogP contribution in [0.25, 0.3) is 0 Å². The highest BCUT2D eigenvalue weighted by Gasteiger charge is 2.37. The molecule has 2 heterocycles. The third-order valence-electron chi connectivity index (χ3n) is 4.49. The molecule has 0 saturated carbocycles. The van der Waals surface area contributed by atoms with Gasteiger partial charge in [-0.3, -0.25) is 14.7 Å². The maximum Gasteiger partial charge on any atom is 0.416 e. The Morgan fingerprint density at radius 2 is 1.72 bits per heavy atom. The second-order valence-corrected chi connectivity index (χ2v) is 6.04. The number of aliphatic carboxylic acids is 1. The van der Waals surface area contributed by atoms with Gasteiger partial charge >= 0.3 is 12.1 Å². The van der Waals surface area contributed by atoms with Gasteiger partial charge in [0, 0.05) is 18.9 Å². The fourth-order valence-electron chi connectivity index (χ4n) is 3.34. The molecular weight excluding hydrogens is 333 g/mol. The number of carboxylic acids is 1. The highest BCUT2D eigenvalue weighted by Crippen LogP contribution is 2.36. The van der Waals surface area contributed by atoms with Crippen LogP contribution in [-0.2, 0) is 11.0 Å². The summed E-state index contributed by atoms with van der Waals surface area (Å²) in [7, 11) is 0. The monoisotopic (exact) mass is 350 g/mol. The molecule has 132 valence electrons. The lowest BCUT2D eigenvalue weighted by atomic mass is 9.96. The van der Waals surface area contributed by atoms with E-state index in [-0.39, 0.29) is 0 Å². The van der Waals surface area contributed by atoms with Crippen LogP contribution >= 0.6 is 0 Å². The van der Waals surface area contributed by atoms with E-state index in [1.54, 1.807) is 24.5 Å². The molecule has 0 amide bonds. The quantitative estimate of drug-likeness (QED) is 0.913. The molecule has 3 rings (SSSR count). The molecule has 0 bridgehead atoms. The number of carbonyl (C=O) groups is 1. The number of halogens is 3. The van der Waals surface area contributed by atoms with Gasteiger partial charge in [0.15, 0.2) is 0 Å². The molecule has 2 unspecified atom stereocenters. The van der Waals surface area contributed by atoms with Gasteiger partial charge in [-0.15, -0.1) is 0 Å². The third kappa shape index (κ3) is 3.66. The summed E-state index contributed by atoms with van der Waals surface area (Å²) in [6, 6.07) is 7.37. The Morgan fingerprint density at radius 3 is 2.28 bits per heavy atom. The van der Waals surface area contributed by atoms with E-state index in [9.17, 15) is 23.1 Å².